The van der Waals surface area contributed by atoms with Crippen molar-refractivity contribution in [3.05, 3.63) is 57.8 Å². The molecule has 0 saturated carbocycles. The Labute approximate surface area is 127 Å². The van der Waals surface area contributed by atoms with Crippen LogP contribution >= 0.6 is 15.9 Å². The summed E-state index contributed by atoms with van der Waals surface area (Å²) in [6.07, 6.45) is -2.61. The molecule has 0 bridgehead atoms. The van der Waals surface area contributed by atoms with E-state index >= 15 is 0 Å². The molecule has 112 valence electrons. The summed E-state index contributed by atoms with van der Waals surface area (Å²) in [7, 11) is 1.73. The molecule has 3 nitrogen and oxygen atoms in total. The van der Waals surface area contributed by atoms with Crippen molar-refractivity contribution >= 4 is 21.8 Å². The number of carbonyl (C=O) groups excluding carboxylic acids is 1. The molecule has 0 atom stereocenters. The monoisotopic (exact) mass is 360 g/mol. The van der Waals surface area contributed by atoms with Gasteiger partial charge in [-0.1, -0.05) is 12.1 Å². The second kappa shape index (κ2) is 5.93. The fraction of sp³-hybridized carbons (Fsp3) is 0.214. The van der Waals surface area contributed by atoms with Crippen molar-refractivity contribution in [3.8, 4) is 0 Å². The molecule has 0 spiro atoms. The number of rotatable bonds is 3. The molecule has 0 fully saturated rings. The number of halogens is 4. The SMILES string of the molecule is Cn1cc(Br)cc1C(=O)NCc1ccc(C(F)(F)F)cc1. The van der Waals surface area contributed by atoms with E-state index in [9.17, 15) is 18.0 Å². The second-order valence-corrected chi connectivity index (χ2v) is 5.45. The molecule has 1 amide bonds. The smallest absolute Gasteiger partial charge is 0.347 e. The van der Waals surface area contributed by atoms with E-state index in [1.165, 1.54) is 12.1 Å². The lowest BCUT2D eigenvalue weighted by Gasteiger charge is -2.09. The molecule has 21 heavy (non-hydrogen) atoms. The Hall–Kier alpha value is -1.76. The molecule has 2 aromatic rings. The van der Waals surface area contributed by atoms with Crippen LogP contribution in [0.4, 0.5) is 13.2 Å². The number of amides is 1. The summed E-state index contributed by atoms with van der Waals surface area (Å²) >= 11 is 3.27. The maximum absolute atomic E-state index is 12.4. The Kier molecular flexibility index (Phi) is 4.41. The van der Waals surface area contributed by atoms with Crippen LogP contribution in [0, 0.1) is 0 Å². The van der Waals surface area contributed by atoms with Crippen LogP contribution in [0.3, 0.4) is 0 Å². The highest BCUT2D eigenvalue weighted by Gasteiger charge is 2.29. The van der Waals surface area contributed by atoms with Crippen molar-refractivity contribution in [2.75, 3.05) is 0 Å². The minimum Gasteiger partial charge on any atom is -0.347 e. The van der Waals surface area contributed by atoms with Gasteiger partial charge in [-0.05, 0) is 39.7 Å². The Morgan fingerprint density at radius 3 is 2.38 bits per heavy atom. The third-order valence-electron chi connectivity index (χ3n) is 2.94. The van der Waals surface area contributed by atoms with E-state index < -0.39 is 11.7 Å². The van der Waals surface area contributed by atoms with Gasteiger partial charge in [0.25, 0.3) is 5.91 Å². The highest BCUT2D eigenvalue weighted by Crippen LogP contribution is 2.29. The second-order valence-electron chi connectivity index (χ2n) is 4.53. The van der Waals surface area contributed by atoms with Crippen molar-refractivity contribution in [2.45, 2.75) is 12.7 Å². The number of aryl methyl sites for hydroxylation is 1. The van der Waals surface area contributed by atoms with E-state index in [0.717, 1.165) is 16.6 Å². The average Bonchev–Trinajstić information content (AvgIpc) is 2.74. The van der Waals surface area contributed by atoms with E-state index in [1.807, 2.05) is 0 Å². The van der Waals surface area contributed by atoms with Gasteiger partial charge in [-0.25, -0.2) is 0 Å². The van der Waals surface area contributed by atoms with Crippen LogP contribution in [-0.2, 0) is 19.8 Å². The minimum absolute atomic E-state index is 0.166. The predicted octanol–water partition coefficient (Wildman–Crippen LogP) is 3.74. The van der Waals surface area contributed by atoms with Gasteiger partial charge in [0.15, 0.2) is 0 Å². The number of aromatic nitrogens is 1. The molecule has 1 aromatic carbocycles. The summed E-state index contributed by atoms with van der Waals surface area (Å²) in [6.45, 7) is 0.166. The lowest BCUT2D eigenvalue weighted by atomic mass is 10.1. The van der Waals surface area contributed by atoms with Gasteiger partial charge in [-0.15, -0.1) is 0 Å². The van der Waals surface area contributed by atoms with Crippen molar-refractivity contribution in [1.82, 2.24) is 9.88 Å². The average molecular weight is 361 g/mol. The summed E-state index contributed by atoms with van der Waals surface area (Å²) in [6, 6.07) is 6.37. The number of nitrogens with one attached hydrogen (secondary N) is 1. The Morgan fingerprint density at radius 2 is 1.90 bits per heavy atom. The van der Waals surface area contributed by atoms with Gasteiger partial charge in [-0.3, -0.25) is 4.79 Å². The molecule has 1 N–H and O–H groups in total. The largest absolute Gasteiger partial charge is 0.416 e. The standard InChI is InChI=1S/C14H12BrF3N2O/c1-20-8-11(15)6-12(20)13(21)19-7-9-2-4-10(5-3-9)14(16,17)18/h2-6,8H,7H2,1H3,(H,19,21). The highest BCUT2D eigenvalue weighted by atomic mass is 79.9. The number of benzene rings is 1. The molecular weight excluding hydrogens is 349 g/mol. The first-order valence-corrected chi connectivity index (χ1v) is 6.83. The lowest BCUT2D eigenvalue weighted by molar-refractivity contribution is -0.137. The summed E-state index contributed by atoms with van der Waals surface area (Å²) in [5, 5.41) is 2.67. The molecule has 0 saturated heterocycles. The van der Waals surface area contributed by atoms with Crippen LogP contribution < -0.4 is 5.32 Å². The fourth-order valence-electron chi connectivity index (χ4n) is 1.83. The maximum atomic E-state index is 12.4. The molecule has 0 aliphatic rings. The predicted molar refractivity (Wildman–Crippen MR) is 75.7 cm³/mol. The first-order chi connectivity index (χ1) is 9.77. The Balaban J connectivity index is 2.00. The van der Waals surface area contributed by atoms with Gasteiger partial charge in [0.1, 0.15) is 5.69 Å². The normalized spacial score (nSPS) is 11.5. The summed E-state index contributed by atoms with van der Waals surface area (Å²) in [5.41, 5.74) is 0.363. The molecular formula is C14H12BrF3N2O. The quantitative estimate of drug-likeness (QED) is 0.888. The zero-order valence-corrected chi connectivity index (χ0v) is 12.6. The number of nitrogens with zero attached hydrogens (tertiary/aromatic N) is 1. The van der Waals surface area contributed by atoms with Gasteiger partial charge in [0.2, 0.25) is 0 Å². The van der Waals surface area contributed by atoms with Crippen LogP contribution in [0.5, 0.6) is 0 Å². The first-order valence-electron chi connectivity index (χ1n) is 6.03. The number of carbonyl (C=O) groups is 1. The van der Waals surface area contributed by atoms with Crippen LogP contribution in [0.1, 0.15) is 21.6 Å². The molecule has 0 radical (unpaired) electrons. The van der Waals surface area contributed by atoms with Crippen LogP contribution in [0.25, 0.3) is 0 Å². The number of hydrogen-bond donors (Lipinski definition) is 1. The van der Waals surface area contributed by atoms with E-state index in [0.29, 0.717) is 11.3 Å². The van der Waals surface area contributed by atoms with Gasteiger partial charge >= 0.3 is 6.18 Å². The van der Waals surface area contributed by atoms with Gasteiger partial charge in [0, 0.05) is 24.3 Å². The molecule has 0 aliphatic heterocycles. The summed E-state index contributed by atoms with van der Waals surface area (Å²) in [4.78, 5) is 11.9. The highest BCUT2D eigenvalue weighted by molar-refractivity contribution is 9.10. The van der Waals surface area contributed by atoms with E-state index in [4.69, 9.17) is 0 Å². The van der Waals surface area contributed by atoms with E-state index in [1.54, 1.807) is 23.9 Å². The molecule has 0 unspecified atom stereocenters. The van der Waals surface area contributed by atoms with Crippen LogP contribution in [0.2, 0.25) is 0 Å². The third-order valence-corrected chi connectivity index (χ3v) is 3.37. The first kappa shape index (κ1) is 15.6. The fourth-order valence-corrected chi connectivity index (χ4v) is 2.36. The van der Waals surface area contributed by atoms with E-state index in [2.05, 4.69) is 21.2 Å². The van der Waals surface area contributed by atoms with E-state index in [-0.39, 0.29) is 12.5 Å². The zero-order valence-electron chi connectivity index (χ0n) is 11.0. The topological polar surface area (TPSA) is 34.0 Å². The van der Waals surface area contributed by atoms with Crippen molar-refractivity contribution < 1.29 is 18.0 Å². The van der Waals surface area contributed by atoms with Gasteiger partial charge in [-0.2, -0.15) is 13.2 Å². The molecule has 1 heterocycles. The zero-order chi connectivity index (χ0) is 15.6. The third kappa shape index (κ3) is 3.87. The van der Waals surface area contributed by atoms with Gasteiger partial charge < -0.3 is 9.88 Å². The summed E-state index contributed by atoms with van der Waals surface area (Å²) < 4.78 is 39.7. The van der Waals surface area contributed by atoms with Crippen LogP contribution in [-0.4, -0.2) is 10.5 Å². The lowest BCUT2D eigenvalue weighted by Crippen LogP contribution is -2.24. The maximum Gasteiger partial charge on any atom is 0.416 e. The number of alkyl halides is 3. The van der Waals surface area contributed by atoms with Crippen molar-refractivity contribution in [3.63, 3.8) is 0 Å². The molecule has 0 aliphatic carbocycles. The van der Waals surface area contributed by atoms with Crippen LogP contribution in [0.15, 0.2) is 41.0 Å². The minimum atomic E-state index is -4.35. The van der Waals surface area contributed by atoms with Crippen molar-refractivity contribution in [1.29, 1.82) is 0 Å². The Morgan fingerprint density at radius 1 is 1.29 bits per heavy atom. The molecule has 7 heteroatoms. The van der Waals surface area contributed by atoms with Gasteiger partial charge in [0.05, 0.1) is 5.56 Å². The number of hydrogen-bond acceptors (Lipinski definition) is 1. The Bertz CT molecular complexity index is 647. The molecule has 1 aromatic heterocycles. The van der Waals surface area contributed by atoms with Crippen molar-refractivity contribution in [2.24, 2.45) is 7.05 Å². The summed E-state index contributed by atoms with van der Waals surface area (Å²) in [5.74, 6) is -0.289. The molecule has 2 rings (SSSR count).